The highest BCUT2D eigenvalue weighted by molar-refractivity contribution is 5.90. The van der Waals surface area contributed by atoms with E-state index in [9.17, 15) is 9.59 Å². The Bertz CT molecular complexity index is 584. The van der Waals surface area contributed by atoms with Gasteiger partial charge in [0.2, 0.25) is 5.91 Å². The molecule has 0 aromatic heterocycles. The SMILES string of the molecule is CC=CC(=O)N1CCCN1C(=O)CC1Cc2ccccc2C1. The number of hydrazine groups is 1. The van der Waals surface area contributed by atoms with Crippen molar-refractivity contribution >= 4 is 11.8 Å². The molecule has 2 amide bonds. The number of nitrogens with zero attached hydrogens (tertiary/aromatic N) is 2. The van der Waals surface area contributed by atoms with Crippen LogP contribution >= 0.6 is 0 Å². The number of carbonyl (C=O) groups is 2. The number of benzene rings is 1. The molecule has 0 N–H and O–H groups in total. The summed E-state index contributed by atoms with van der Waals surface area (Å²) in [6.45, 7) is 3.11. The molecule has 4 heteroatoms. The van der Waals surface area contributed by atoms with Gasteiger partial charge in [0.25, 0.3) is 5.91 Å². The molecule has 0 spiro atoms. The van der Waals surface area contributed by atoms with Crippen LogP contribution in [0.3, 0.4) is 0 Å². The molecule has 1 aromatic carbocycles. The maximum absolute atomic E-state index is 12.6. The third-order valence-electron chi connectivity index (χ3n) is 4.48. The average Bonchev–Trinajstić information content (AvgIpc) is 3.13. The van der Waals surface area contributed by atoms with Crippen LogP contribution in [-0.4, -0.2) is 34.9 Å². The van der Waals surface area contributed by atoms with Gasteiger partial charge in [0.1, 0.15) is 0 Å². The molecular formula is C18H22N2O2. The van der Waals surface area contributed by atoms with Crippen LogP contribution in [0.4, 0.5) is 0 Å². The van der Waals surface area contributed by atoms with E-state index in [4.69, 9.17) is 0 Å². The average molecular weight is 298 g/mol. The van der Waals surface area contributed by atoms with Gasteiger partial charge in [0.05, 0.1) is 0 Å². The molecular weight excluding hydrogens is 276 g/mol. The van der Waals surface area contributed by atoms with Gasteiger partial charge in [0, 0.05) is 25.6 Å². The molecule has 116 valence electrons. The highest BCUT2D eigenvalue weighted by Crippen LogP contribution is 2.29. The summed E-state index contributed by atoms with van der Waals surface area (Å²) in [6, 6.07) is 8.41. The number of carbonyl (C=O) groups excluding carboxylic acids is 2. The minimum atomic E-state index is -0.0944. The van der Waals surface area contributed by atoms with E-state index in [0.717, 1.165) is 19.3 Å². The molecule has 0 unspecified atom stereocenters. The van der Waals surface area contributed by atoms with E-state index in [1.807, 2.05) is 6.92 Å². The molecule has 0 saturated carbocycles. The smallest absolute Gasteiger partial charge is 0.264 e. The lowest BCUT2D eigenvalue weighted by molar-refractivity contribution is -0.155. The number of amides is 2. The number of hydrogen-bond acceptors (Lipinski definition) is 2. The van der Waals surface area contributed by atoms with Crippen molar-refractivity contribution in [2.75, 3.05) is 13.1 Å². The standard InChI is InChI=1S/C18H22N2O2/c1-2-6-17(21)19-9-5-10-20(19)18(22)13-14-11-15-7-3-4-8-16(15)12-14/h2-4,6-8,14H,5,9-13H2,1H3. The van der Waals surface area contributed by atoms with E-state index in [1.165, 1.54) is 17.2 Å². The van der Waals surface area contributed by atoms with Crippen molar-refractivity contribution in [3.05, 3.63) is 47.5 Å². The van der Waals surface area contributed by atoms with Gasteiger partial charge in [-0.15, -0.1) is 0 Å². The summed E-state index contributed by atoms with van der Waals surface area (Å²) in [4.78, 5) is 24.6. The van der Waals surface area contributed by atoms with Crippen LogP contribution in [0.15, 0.2) is 36.4 Å². The second kappa shape index (κ2) is 6.34. The summed E-state index contributed by atoms with van der Waals surface area (Å²) < 4.78 is 0. The van der Waals surface area contributed by atoms with Gasteiger partial charge in [-0.3, -0.25) is 14.6 Å². The summed E-state index contributed by atoms with van der Waals surface area (Å²) in [5, 5.41) is 3.23. The van der Waals surface area contributed by atoms with Crippen molar-refractivity contribution in [3.8, 4) is 0 Å². The molecule has 1 heterocycles. The van der Waals surface area contributed by atoms with Gasteiger partial charge < -0.3 is 0 Å². The number of rotatable bonds is 3. The Morgan fingerprint density at radius 3 is 2.41 bits per heavy atom. The van der Waals surface area contributed by atoms with Crippen molar-refractivity contribution in [1.82, 2.24) is 10.0 Å². The van der Waals surface area contributed by atoms with Crippen molar-refractivity contribution < 1.29 is 9.59 Å². The molecule has 1 aliphatic carbocycles. The van der Waals surface area contributed by atoms with E-state index in [2.05, 4.69) is 24.3 Å². The van der Waals surface area contributed by atoms with E-state index >= 15 is 0 Å². The number of hydrogen-bond donors (Lipinski definition) is 0. The van der Waals surface area contributed by atoms with Crippen molar-refractivity contribution in [2.45, 2.75) is 32.6 Å². The Balaban J connectivity index is 1.62. The molecule has 22 heavy (non-hydrogen) atoms. The lowest BCUT2D eigenvalue weighted by Crippen LogP contribution is -2.44. The fraction of sp³-hybridized carbons (Fsp3) is 0.444. The predicted molar refractivity (Wildman–Crippen MR) is 84.8 cm³/mol. The molecule has 0 bridgehead atoms. The van der Waals surface area contributed by atoms with Crippen molar-refractivity contribution in [1.29, 1.82) is 0 Å². The zero-order valence-electron chi connectivity index (χ0n) is 13.0. The summed E-state index contributed by atoms with van der Waals surface area (Å²) in [5.41, 5.74) is 2.73. The van der Waals surface area contributed by atoms with Gasteiger partial charge in [-0.05, 0) is 43.2 Å². The van der Waals surface area contributed by atoms with Crippen molar-refractivity contribution in [2.24, 2.45) is 5.92 Å². The van der Waals surface area contributed by atoms with Crippen LogP contribution < -0.4 is 0 Å². The first-order valence-electron chi connectivity index (χ1n) is 8.00. The van der Waals surface area contributed by atoms with Gasteiger partial charge in [-0.2, -0.15) is 0 Å². The van der Waals surface area contributed by atoms with E-state index in [0.29, 0.717) is 25.4 Å². The van der Waals surface area contributed by atoms with Crippen LogP contribution in [0.5, 0.6) is 0 Å². The zero-order chi connectivity index (χ0) is 15.5. The molecule has 4 nitrogen and oxygen atoms in total. The molecule has 3 rings (SSSR count). The normalized spacial score (nSPS) is 18.2. The van der Waals surface area contributed by atoms with Crippen LogP contribution in [-0.2, 0) is 22.4 Å². The second-order valence-electron chi connectivity index (χ2n) is 6.08. The predicted octanol–water partition coefficient (Wildman–Crippen LogP) is 2.34. The fourth-order valence-corrected chi connectivity index (χ4v) is 3.48. The topological polar surface area (TPSA) is 40.6 Å². The van der Waals surface area contributed by atoms with Crippen molar-refractivity contribution in [3.63, 3.8) is 0 Å². The Labute approximate surface area is 131 Å². The largest absolute Gasteiger partial charge is 0.273 e. The van der Waals surface area contributed by atoms with Gasteiger partial charge >= 0.3 is 0 Å². The molecule has 2 aliphatic rings. The molecule has 1 aromatic rings. The van der Waals surface area contributed by atoms with Gasteiger partial charge in [-0.1, -0.05) is 30.3 Å². The monoisotopic (exact) mass is 298 g/mol. The first-order chi connectivity index (χ1) is 10.7. The highest BCUT2D eigenvalue weighted by atomic mass is 16.2. The Kier molecular flexibility index (Phi) is 4.27. The van der Waals surface area contributed by atoms with Crippen LogP contribution in [0.2, 0.25) is 0 Å². The lowest BCUT2D eigenvalue weighted by atomic mass is 10.0. The summed E-state index contributed by atoms with van der Waals surface area (Å²) >= 11 is 0. The highest BCUT2D eigenvalue weighted by Gasteiger charge is 2.32. The maximum Gasteiger partial charge on any atom is 0.264 e. The third-order valence-corrected chi connectivity index (χ3v) is 4.48. The van der Waals surface area contributed by atoms with Crippen LogP contribution in [0.1, 0.15) is 30.9 Å². The third kappa shape index (κ3) is 2.91. The molecule has 1 saturated heterocycles. The molecule has 1 aliphatic heterocycles. The lowest BCUT2D eigenvalue weighted by Gasteiger charge is -2.27. The Morgan fingerprint density at radius 2 is 1.77 bits per heavy atom. The van der Waals surface area contributed by atoms with Crippen LogP contribution in [0, 0.1) is 5.92 Å². The van der Waals surface area contributed by atoms with E-state index < -0.39 is 0 Å². The zero-order valence-corrected chi connectivity index (χ0v) is 13.0. The summed E-state index contributed by atoms with van der Waals surface area (Å²) in [6.07, 6.45) is 6.57. The van der Waals surface area contributed by atoms with E-state index in [-0.39, 0.29) is 11.8 Å². The first-order valence-corrected chi connectivity index (χ1v) is 8.00. The Morgan fingerprint density at radius 1 is 1.14 bits per heavy atom. The maximum atomic E-state index is 12.6. The summed E-state index contributed by atoms with van der Waals surface area (Å²) in [7, 11) is 0. The summed E-state index contributed by atoms with van der Waals surface area (Å²) in [5.74, 6) is 0.348. The minimum Gasteiger partial charge on any atom is -0.273 e. The molecule has 0 radical (unpaired) electrons. The van der Waals surface area contributed by atoms with Gasteiger partial charge in [0.15, 0.2) is 0 Å². The first kappa shape index (κ1) is 14.8. The quantitative estimate of drug-likeness (QED) is 0.804. The minimum absolute atomic E-state index is 0.0770. The van der Waals surface area contributed by atoms with E-state index in [1.54, 1.807) is 16.1 Å². The Hall–Kier alpha value is -2.10. The second-order valence-corrected chi connectivity index (χ2v) is 6.08. The van der Waals surface area contributed by atoms with Gasteiger partial charge in [-0.25, -0.2) is 5.01 Å². The van der Waals surface area contributed by atoms with Crippen LogP contribution in [0.25, 0.3) is 0 Å². The molecule has 0 atom stereocenters. The number of allylic oxidation sites excluding steroid dienone is 1. The number of fused-ring (bicyclic) bond motifs is 1. The fourth-order valence-electron chi connectivity index (χ4n) is 3.48. The molecule has 1 fully saturated rings.